The van der Waals surface area contributed by atoms with Gasteiger partial charge < -0.3 is 9.47 Å². The van der Waals surface area contributed by atoms with E-state index in [9.17, 15) is 4.79 Å². The van der Waals surface area contributed by atoms with Crippen molar-refractivity contribution in [1.29, 1.82) is 0 Å². The fourth-order valence-electron chi connectivity index (χ4n) is 2.98. The van der Waals surface area contributed by atoms with Crippen LogP contribution < -0.4 is 9.47 Å². The molecule has 0 heterocycles. The molecule has 0 aromatic heterocycles. The normalized spacial score (nSPS) is 10.6. The Kier molecular flexibility index (Phi) is 5.07. The lowest BCUT2D eigenvalue weighted by Gasteiger charge is -2.09. The molecule has 0 aliphatic carbocycles. The first-order valence-electron chi connectivity index (χ1n) is 9.17. The number of aryl methyl sites for hydroxylation is 1. The average molecular weight is 368 g/mol. The van der Waals surface area contributed by atoms with Crippen LogP contribution in [0.4, 0.5) is 0 Å². The van der Waals surface area contributed by atoms with Gasteiger partial charge >= 0.3 is 5.97 Å². The summed E-state index contributed by atoms with van der Waals surface area (Å²) in [5.41, 5.74) is 2.69. The van der Waals surface area contributed by atoms with Crippen LogP contribution in [0.25, 0.3) is 10.8 Å². The molecule has 0 N–H and O–H groups in total. The van der Waals surface area contributed by atoms with Crippen molar-refractivity contribution in [3.63, 3.8) is 0 Å². The van der Waals surface area contributed by atoms with E-state index in [1.165, 1.54) is 5.56 Å². The summed E-state index contributed by atoms with van der Waals surface area (Å²) in [5, 5.41) is 1.96. The van der Waals surface area contributed by atoms with E-state index in [0.717, 1.165) is 22.1 Å². The van der Waals surface area contributed by atoms with E-state index in [0.29, 0.717) is 17.9 Å². The highest BCUT2D eigenvalue weighted by Gasteiger charge is 2.11. The van der Waals surface area contributed by atoms with Gasteiger partial charge in [0, 0.05) is 5.39 Å². The molecule has 0 aliphatic rings. The predicted octanol–water partition coefficient (Wildman–Crippen LogP) is 5.95. The molecule has 3 nitrogen and oxygen atoms in total. The average Bonchev–Trinajstić information content (AvgIpc) is 2.74. The van der Waals surface area contributed by atoms with E-state index in [2.05, 4.69) is 0 Å². The van der Waals surface area contributed by atoms with Gasteiger partial charge in [-0.1, -0.05) is 66.2 Å². The second-order valence-corrected chi connectivity index (χ2v) is 6.67. The third-order valence-corrected chi connectivity index (χ3v) is 4.57. The van der Waals surface area contributed by atoms with Gasteiger partial charge in [0.05, 0.1) is 5.56 Å². The first-order chi connectivity index (χ1) is 13.7. The monoisotopic (exact) mass is 368 g/mol. The number of fused-ring (bicyclic) bond motifs is 1. The van der Waals surface area contributed by atoms with Crippen molar-refractivity contribution in [2.24, 2.45) is 0 Å². The second kappa shape index (κ2) is 7.97. The smallest absolute Gasteiger partial charge is 0.343 e. The van der Waals surface area contributed by atoms with Gasteiger partial charge in [-0.15, -0.1) is 0 Å². The molecule has 0 radical (unpaired) electrons. The van der Waals surface area contributed by atoms with Crippen LogP contribution in [0.1, 0.15) is 21.5 Å². The number of carbonyl (C=O) groups excluding carboxylic acids is 1. The van der Waals surface area contributed by atoms with Crippen LogP contribution in [0.15, 0.2) is 91.0 Å². The Balaban J connectivity index is 1.43. The molecule has 0 amide bonds. The second-order valence-electron chi connectivity index (χ2n) is 6.67. The fraction of sp³-hybridized carbons (Fsp3) is 0.0800. The van der Waals surface area contributed by atoms with Crippen LogP contribution in [0.2, 0.25) is 0 Å². The van der Waals surface area contributed by atoms with Crippen LogP contribution in [0, 0.1) is 6.92 Å². The lowest BCUT2D eigenvalue weighted by atomic mass is 10.1. The number of rotatable bonds is 5. The van der Waals surface area contributed by atoms with E-state index in [-0.39, 0.29) is 5.97 Å². The topological polar surface area (TPSA) is 35.5 Å². The molecule has 0 atom stereocenters. The van der Waals surface area contributed by atoms with Crippen LogP contribution in [0.3, 0.4) is 0 Å². The summed E-state index contributed by atoms with van der Waals surface area (Å²) in [5.74, 6) is 1.02. The lowest BCUT2D eigenvalue weighted by Crippen LogP contribution is -2.09. The van der Waals surface area contributed by atoms with Crippen molar-refractivity contribution in [2.45, 2.75) is 13.5 Å². The van der Waals surface area contributed by atoms with Gasteiger partial charge in [-0.2, -0.15) is 0 Å². The van der Waals surface area contributed by atoms with E-state index in [1.807, 2.05) is 85.8 Å². The van der Waals surface area contributed by atoms with Gasteiger partial charge in [-0.3, -0.25) is 0 Å². The molecule has 138 valence electrons. The molecule has 0 aliphatic heterocycles. The quantitative estimate of drug-likeness (QED) is 0.323. The van der Waals surface area contributed by atoms with Gasteiger partial charge in [0.1, 0.15) is 18.1 Å². The number of hydrogen-bond donors (Lipinski definition) is 0. The third-order valence-electron chi connectivity index (χ3n) is 4.57. The number of carbonyl (C=O) groups is 1. The minimum atomic E-state index is -0.373. The Hall–Kier alpha value is -3.59. The van der Waals surface area contributed by atoms with Gasteiger partial charge in [0.2, 0.25) is 0 Å². The number of hydrogen-bond acceptors (Lipinski definition) is 3. The highest BCUT2D eigenvalue weighted by molar-refractivity contribution is 5.95. The van der Waals surface area contributed by atoms with Crippen molar-refractivity contribution < 1.29 is 14.3 Å². The number of ether oxygens (including phenoxy) is 2. The van der Waals surface area contributed by atoms with Crippen LogP contribution in [-0.4, -0.2) is 5.97 Å². The third kappa shape index (κ3) is 4.04. The highest BCUT2D eigenvalue weighted by Crippen LogP contribution is 2.26. The maximum absolute atomic E-state index is 12.5. The minimum Gasteiger partial charge on any atom is -0.489 e. The first kappa shape index (κ1) is 17.8. The van der Waals surface area contributed by atoms with Crippen LogP contribution in [0.5, 0.6) is 11.5 Å². The molecule has 3 heteroatoms. The molecular weight excluding hydrogens is 348 g/mol. The maximum atomic E-state index is 12.5. The minimum absolute atomic E-state index is 0.373. The molecule has 4 aromatic rings. The van der Waals surface area contributed by atoms with Crippen molar-refractivity contribution in [3.05, 3.63) is 108 Å². The Morgan fingerprint density at radius 3 is 2.29 bits per heavy atom. The summed E-state index contributed by atoms with van der Waals surface area (Å²) in [6.07, 6.45) is 0. The van der Waals surface area contributed by atoms with E-state index in [4.69, 9.17) is 9.47 Å². The maximum Gasteiger partial charge on any atom is 0.343 e. The molecule has 0 fully saturated rings. The number of esters is 1. The zero-order valence-corrected chi connectivity index (χ0v) is 15.6. The summed E-state index contributed by atoms with van der Waals surface area (Å²) in [6.45, 7) is 2.49. The molecule has 0 bridgehead atoms. The van der Waals surface area contributed by atoms with Gasteiger partial charge in [-0.25, -0.2) is 4.79 Å². The summed E-state index contributed by atoms with van der Waals surface area (Å²) < 4.78 is 11.4. The predicted molar refractivity (Wildman–Crippen MR) is 111 cm³/mol. The summed E-state index contributed by atoms with van der Waals surface area (Å²) in [4.78, 5) is 12.5. The Bertz CT molecular complexity index is 1090. The zero-order valence-electron chi connectivity index (χ0n) is 15.6. The Morgan fingerprint density at radius 2 is 1.50 bits per heavy atom. The molecule has 4 rings (SSSR count). The highest BCUT2D eigenvalue weighted by atomic mass is 16.5. The zero-order chi connectivity index (χ0) is 19.3. The SMILES string of the molecule is Cc1ccc(OCc2ccc(C(=O)Oc3cccc4ccccc34)cc2)cc1. The van der Waals surface area contributed by atoms with Gasteiger partial charge in [0.15, 0.2) is 0 Å². The molecule has 0 unspecified atom stereocenters. The number of benzene rings is 4. The molecule has 0 spiro atoms. The summed E-state index contributed by atoms with van der Waals surface area (Å²) in [6, 6.07) is 28.8. The van der Waals surface area contributed by atoms with Gasteiger partial charge in [0.25, 0.3) is 0 Å². The van der Waals surface area contributed by atoms with Crippen molar-refractivity contribution in [2.75, 3.05) is 0 Å². The molecule has 28 heavy (non-hydrogen) atoms. The van der Waals surface area contributed by atoms with Crippen molar-refractivity contribution >= 4 is 16.7 Å². The summed E-state index contributed by atoms with van der Waals surface area (Å²) >= 11 is 0. The molecule has 4 aromatic carbocycles. The molecule has 0 saturated carbocycles. The van der Waals surface area contributed by atoms with Crippen LogP contribution >= 0.6 is 0 Å². The van der Waals surface area contributed by atoms with Crippen molar-refractivity contribution in [3.8, 4) is 11.5 Å². The Morgan fingerprint density at radius 1 is 0.786 bits per heavy atom. The standard InChI is InChI=1S/C25H20O3/c1-18-9-15-22(16-10-18)27-17-19-11-13-21(14-12-19)25(26)28-24-8-4-6-20-5-2-3-7-23(20)24/h2-16H,17H2,1H3. The van der Waals surface area contributed by atoms with E-state index >= 15 is 0 Å². The lowest BCUT2D eigenvalue weighted by molar-refractivity contribution is 0.0737. The molecule has 0 saturated heterocycles. The fourth-order valence-corrected chi connectivity index (χ4v) is 2.98. The summed E-state index contributed by atoms with van der Waals surface area (Å²) in [7, 11) is 0. The van der Waals surface area contributed by atoms with E-state index < -0.39 is 0 Å². The van der Waals surface area contributed by atoms with E-state index in [1.54, 1.807) is 12.1 Å². The van der Waals surface area contributed by atoms with Crippen LogP contribution in [-0.2, 0) is 6.61 Å². The Labute approximate surface area is 164 Å². The molecular formula is C25H20O3. The van der Waals surface area contributed by atoms with Crippen molar-refractivity contribution in [1.82, 2.24) is 0 Å². The first-order valence-corrected chi connectivity index (χ1v) is 9.17. The van der Waals surface area contributed by atoms with Gasteiger partial charge in [-0.05, 0) is 48.2 Å². The largest absolute Gasteiger partial charge is 0.489 e.